The Bertz CT molecular complexity index is 781. The highest BCUT2D eigenvalue weighted by atomic mass is 32.9. The van der Waals surface area contributed by atoms with Crippen LogP contribution in [0.1, 0.15) is 92.6 Å². The van der Waals surface area contributed by atoms with Gasteiger partial charge in [0.05, 0.1) is 13.2 Å². The van der Waals surface area contributed by atoms with E-state index in [-0.39, 0.29) is 10.00 Å². The molecule has 1 aliphatic rings. The van der Waals surface area contributed by atoms with Crippen molar-refractivity contribution in [1.29, 1.82) is 0 Å². The zero-order valence-corrected chi connectivity index (χ0v) is 28.1. The van der Waals surface area contributed by atoms with Gasteiger partial charge < -0.3 is 23.1 Å². The molecule has 2 atom stereocenters. The molecule has 0 aromatic heterocycles. The summed E-state index contributed by atoms with van der Waals surface area (Å²) in [6, 6.07) is 6.01. The van der Waals surface area contributed by atoms with Gasteiger partial charge in [0.1, 0.15) is 11.0 Å². The van der Waals surface area contributed by atoms with Gasteiger partial charge in [-0.1, -0.05) is 82.0 Å². The van der Waals surface area contributed by atoms with Gasteiger partial charge in [-0.2, -0.15) is 0 Å². The molecular weight excluding hydrogens is 564 g/mol. The van der Waals surface area contributed by atoms with Crippen LogP contribution in [-0.4, -0.2) is 45.4 Å². The average molecular weight is 613 g/mol. The number of hydrogen-bond donors (Lipinski definition) is 0. The predicted octanol–water partition coefficient (Wildman–Crippen LogP) is 8.96. The van der Waals surface area contributed by atoms with E-state index in [0.717, 1.165) is 35.2 Å². The van der Waals surface area contributed by atoms with Gasteiger partial charge in [0.15, 0.2) is 11.5 Å². The van der Waals surface area contributed by atoms with Gasteiger partial charge in [0, 0.05) is 16.3 Å². The van der Waals surface area contributed by atoms with Crippen LogP contribution in [0.5, 0.6) is 11.5 Å². The molecule has 1 aromatic carbocycles. The maximum Gasteiger partial charge on any atom is 0.248 e. The van der Waals surface area contributed by atoms with Crippen molar-refractivity contribution in [2.75, 3.05) is 30.8 Å². The SMILES string of the molecule is CCCCCCCC[S+]([O-])C(C)Cc1ccc2c(c1)OCO2.CCOP(=S)(OCC)SCSC(C)(C)C. The molecule has 0 bridgehead atoms. The molecule has 5 nitrogen and oxygen atoms in total. The number of thioether (sulfide) groups is 1. The molecule has 0 saturated carbocycles. The first-order chi connectivity index (χ1) is 17.5. The molecule has 0 N–H and O–H groups in total. The average Bonchev–Trinajstić information content (AvgIpc) is 3.29. The summed E-state index contributed by atoms with van der Waals surface area (Å²) in [5.41, 5.74) is -0.902. The summed E-state index contributed by atoms with van der Waals surface area (Å²) in [7, 11) is 0. The molecule has 1 heterocycles. The van der Waals surface area contributed by atoms with Crippen molar-refractivity contribution < 1.29 is 23.1 Å². The van der Waals surface area contributed by atoms with Crippen molar-refractivity contribution in [2.45, 2.75) is 103 Å². The van der Waals surface area contributed by atoms with E-state index < -0.39 is 16.9 Å². The molecule has 0 aliphatic carbocycles. The van der Waals surface area contributed by atoms with Crippen LogP contribution in [0.25, 0.3) is 0 Å². The Labute approximate surface area is 243 Å². The van der Waals surface area contributed by atoms with Crippen LogP contribution in [0.2, 0.25) is 0 Å². The summed E-state index contributed by atoms with van der Waals surface area (Å²) >= 11 is 8.18. The molecule has 0 amide bonds. The Balaban J connectivity index is 0.000000401. The van der Waals surface area contributed by atoms with Crippen molar-refractivity contribution in [2.24, 2.45) is 0 Å². The first-order valence-electron chi connectivity index (χ1n) is 13.5. The molecule has 37 heavy (non-hydrogen) atoms. The monoisotopic (exact) mass is 612 g/mol. The van der Waals surface area contributed by atoms with E-state index in [1.54, 1.807) is 11.4 Å². The fraction of sp³-hybridized carbons (Fsp3) is 0.778. The minimum atomic E-state index is -2.08. The summed E-state index contributed by atoms with van der Waals surface area (Å²) in [6.45, 7) is 16.4. The number of fused-ring (bicyclic) bond motifs is 1. The summed E-state index contributed by atoms with van der Waals surface area (Å²) < 4.78 is 34.4. The van der Waals surface area contributed by atoms with Crippen molar-refractivity contribution in [1.82, 2.24) is 0 Å². The summed E-state index contributed by atoms with van der Waals surface area (Å²) in [5, 5.41) is 1.12. The normalized spacial score (nSPS) is 14.7. The molecule has 2 rings (SSSR count). The minimum absolute atomic E-state index is 0.191. The van der Waals surface area contributed by atoms with Crippen LogP contribution in [-0.2, 0) is 38.5 Å². The molecule has 0 radical (unpaired) electrons. The molecule has 10 heteroatoms. The molecule has 1 aliphatic heterocycles. The van der Waals surface area contributed by atoms with Crippen LogP contribution in [0, 0.1) is 0 Å². The predicted molar refractivity (Wildman–Crippen MR) is 169 cm³/mol. The number of rotatable bonds is 17. The number of unbranched alkanes of at least 4 members (excludes halogenated alkanes) is 5. The van der Waals surface area contributed by atoms with Gasteiger partial charge in [0.2, 0.25) is 12.5 Å². The minimum Gasteiger partial charge on any atom is -0.616 e. The van der Waals surface area contributed by atoms with Crippen LogP contribution < -0.4 is 9.47 Å². The second-order valence-corrected chi connectivity index (χ2v) is 20.3. The van der Waals surface area contributed by atoms with Gasteiger partial charge in [0.25, 0.3) is 0 Å². The Morgan fingerprint density at radius 1 is 1.03 bits per heavy atom. The molecule has 216 valence electrons. The first-order valence-corrected chi connectivity index (χ1v) is 20.1. The second-order valence-electron chi connectivity index (χ2n) is 9.84. The van der Waals surface area contributed by atoms with E-state index in [9.17, 15) is 4.55 Å². The van der Waals surface area contributed by atoms with Gasteiger partial charge in [-0.15, -0.1) is 11.8 Å². The number of ether oxygens (including phenoxy) is 2. The summed E-state index contributed by atoms with van der Waals surface area (Å²) in [5.74, 6) is 2.45. The maximum atomic E-state index is 12.3. The topological polar surface area (TPSA) is 60.0 Å². The van der Waals surface area contributed by atoms with Crippen molar-refractivity contribution in [3.63, 3.8) is 0 Å². The lowest BCUT2D eigenvalue weighted by atomic mass is 10.1. The van der Waals surface area contributed by atoms with Crippen LogP contribution in [0.4, 0.5) is 0 Å². The smallest absolute Gasteiger partial charge is 0.248 e. The Morgan fingerprint density at radius 3 is 2.27 bits per heavy atom. The van der Waals surface area contributed by atoms with E-state index in [1.807, 2.05) is 43.8 Å². The first kappa shape index (κ1) is 35.4. The lowest BCUT2D eigenvalue weighted by Crippen LogP contribution is -2.23. The third-order valence-electron chi connectivity index (χ3n) is 5.39. The molecule has 0 saturated heterocycles. The Kier molecular flexibility index (Phi) is 18.6. The Morgan fingerprint density at radius 2 is 1.65 bits per heavy atom. The third kappa shape index (κ3) is 16.3. The third-order valence-corrected chi connectivity index (χ3v) is 14.5. The highest BCUT2D eigenvalue weighted by Crippen LogP contribution is 2.62. The largest absolute Gasteiger partial charge is 0.616 e. The molecule has 1 aromatic rings. The van der Waals surface area contributed by atoms with E-state index in [1.165, 1.54) is 37.7 Å². The maximum absolute atomic E-state index is 12.3. The second kappa shape index (κ2) is 19.5. The van der Waals surface area contributed by atoms with E-state index >= 15 is 0 Å². The van der Waals surface area contributed by atoms with Gasteiger partial charge in [-0.3, -0.25) is 0 Å². The number of hydrogen-bond acceptors (Lipinski definition) is 8. The van der Waals surface area contributed by atoms with E-state index in [2.05, 4.69) is 34.6 Å². The fourth-order valence-electron chi connectivity index (χ4n) is 3.41. The van der Waals surface area contributed by atoms with E-state index in [0.29, 0.717) is 20.0 Å². The highest BCUT2D eigenvalue weighted by molar-refractivity contribution is 8.69. The van der Waals surface area contributed by atoms with Gasteiger partial charge in [-0.05, 0) is 63.1 Å². The summed E-state index contributed by atoms with van der Waals surface area (Å²) in [4.78, 5) is 0. The lowest BCUT2D eigenvalue weighted by Gasteiger charge is -2.22. The zero-order chi connectivity index (χ0) is 27.7. The quantitative estimate of drug-likeness (QED) is 0.0748. The lowest BCUT2D eigenvalue weighted by molar-refractivity contribution is 0.174. The van der Waals surface area contributed by atoms with Gasteiger partial charge in [-0.25, -0.2) is 0 Å². The highest BCUT2D eigenvalue weighted by Gasteiger charge is 2.21. The van der Waals surface area contributed by atoms with Crippen molar-refractivity contribution in [3.8, 4) is 11.5 Å². The fourth-order valence-corrected chi connectivity index (χ4v) is 12.2. The molecule has 2 unspecified atom stereocenters. The number of benzene rings is 1. The van der Waals surface area contributed by atoms with Crippen LogP contribution in [0.15, 0.2) is 18.2 Å². The molecule has 0 spiro atoms. The van der Waals surface area contributed by atoms with Crippen molar-refractivity contribution in [3.05, 3.63) is 23.8 Å². The van der Waals surface area contributed by atoms with Crippen LogP contribution >= 0.6 is 28.8 Å². The van der Waals surface area contributed by atoms with E-state index in [4.69, 9.17) is 30.3 Å². The van der Waals surface area contributed by atoms with Crippen LogP contribution in [0.3, 0.4) is 0 Å². The standard InChI is InChI=1S/C18H28O3S.C9H21O2PS3/c1-3-4-5-6-7-8-11-22(19)15(2)12-16-9-10-17-18(13-16)21-14-20-17;1-6-10-12(13,11-7-2)15-8-14-9(3,4)5/h9-10,13,15H,3-8,11-12,14H2,1-2H3;6-8H2,1-5H3. The molecular formula is C27H49O5PS4. The molecule has 0 fully saturated rings. The Hall–Kier alpha value is 0.400. The zero-order valence-electron chi connectivity index (χ0n) is 23.9. The van der Waals surface area contributed by atoms with Gasteiger partial charge >= 0.3 is 0 Å². The van der Waals surface area contributed by atoms with Crippen molar-refractivity contribution >= 4 is 51.8 Å². The summed E-state index contributed by atoms with van der Waals surface area (Å²) in [6.07, 6.45) is 8.32.